The Hall–Kier alpha value is -3.27. The van der Waals surface area contributed by atoms with E-state index in [0.29, 0.717) is 18.0 Å². The number of amides is 1. The third-order valence-electron chi connectivity index (χ3n) is 4.33. The Bertz CT molecular complexity index is 876. The molecule has 0 heterocycles. The maximum Gasteiger partial charge on any atom is 0.244 e. The van der Waals surface area contributed by atoms with E-state index in [1.165, 1.54) is 5.56 Å². The third-order valence-corrected chi connectivity index (χ3v) is 4.33. The van der Waals surface area contributed by atoms with Crippen LogP contribution in [0.5, 0.6) is 5.75 Å². The first-order chi connectivity index (χ1) is 13.2. The number of nitrogens with zero attached hydrogens (tertiary/aromatic N) is 1. The number of hydrogen-bond acceptors (Lipinski definition) is 3. The van der Waals surface area contributed by atoms with E-state index in [0.717, 1.165) is 11.3 Å². The van der Waals surface area contributed by atoms with E-state index >= 15 is 0 Å². The second kappa shape index (κ2) is 8.90. The van der Waals surface area contributed by atoms with Crippen LogP contribution in [-0.2, 0) is 11.3 Å². The summed E-state index contributed by atoms with van der Waals surface area (Å²) in [4.78, 5) is 14.8. The number of ether oxygens (including phenoxy) is 1. The number of rotatable bonds is 7. The first kappa shape index (κ1) is 18.5. The lowest BCUT2D eigenvalue weighted by molar-refractivity contribution is -0.115. The quantitative estimate of drug-likeness (QED) is 0.667. The van der Waals surface area contributed by atoms with Gasteiger partial charge in [-0.15, -0.1) is 0 Å². The highest BCUT2D eigenvalue weighted by Gasteiger charge is 2.14. The summed E-state index contributed by atoms with van der Waals surface area (Å²) < 4.78 is 5.32. The van der Waals surface area contributed by atoms with Crippen molar-refractivity contribution in [3.8, 4) is 5.75 Å². The Kier molecular flexibility index (Phi) is 6.10. The minimum absolute atomic E-state index is 0.0870. The van der Waals surface area contributed by atoms with E-state index in [2.05, 4.69) is 53.5 Å². The molecule has 4 heteroatoms. The van der Waals surface area contributed by atoms with Gasteiger partial charge in [0.15, 0.2) is 0 Å². The zero-order valence-electron chi connectivity index (χ0n) is 15.7. The standard InChI is InChI=1S/C23H24N2O2/c1-18-12-14-20(15-13-18)25(16-19-8-4-3-5-9-19)17-23(26)24-21-10-6-7-11-22(21)27-2/h3-15H,16-17H2,1-2H3,(H,24,26). The summed E-state index contributed by atoms with van der Waals surface area (Å²) in [5, 5.41) is 2.95. The third kappa shape index (κ3) is 5.11. The van der Waals surface area contributed by atoms with Gasteiger partial charge >= 0.3 is 0 Å². The van der Waals surface area contributed by atoms with Gasteiger partial charge in [0.2, 0.25) is 5.91 Å². The van der Waals surface area contributed by atoms with E-state index in [4.69, 9.17) is 4.74 Å². The Morgan fingerprint density at radius 1 is 0.926 bits per heavy atom. The molecule has 27 heavy (non-hydrogen) atoms. The molecule has 0 saturated heterocycles. The smallest absolute Gasteiger partial charge is 0.244 e. The van der Waals surface area contributed by atoms with Crippen LogP contribution in [-0.4, -0.2) is 19.6 Å². The number of nitrogens with one attached hydrogen (secondary N) is 1. The van der Waals surface area contributed by atoms with Gasteiger partial charge in [-0.3, -0.25) is 4.79 Å². The number of aryl methyl sites for hydroxylation is 1. The van der Waals surface area contributed by atoms with Crippen molar-refractivity contribution in [2.24, 2.45) is 0 Å². The Morgan fingerprint density at radius 3 is 2.30 bits per heavy atom. The monoisotopic (exact) mass is 360 g/mol. The Morgan fingerprint density at radius 2 is 1.59 bits per heavy atom. The summed E-state index contributed by atoms with van der Waals surface area (Å²) in [6.45, 7) is 2.96. The SMILES string of the molecule is COc1ccccc1NC(=O)CN(Cc1ccccc1)c1ccc(C)cc1. The minimum atomic E-state index is -0.0870. The first-order valence-corrected chi connectivity index (χ1v) is 8.94. The van der Waals surface area contributed by atoms with Crippen LogP contribution in [0.2, 0.25) is 0 Å². The number of methoxy groups -OCH3 is 1. The van der Waals surface area contributed by atoms with Crippen LogP contribution < -0.4 is 15.0 Å². The molecule has 0 aliphatic heterocycles. The predicted octanol–water partition coefficient (Wildman–Crippen LogP) is 4.65. The van der Waals surface area contributed by atoms with Crippen LogP contribution in [0.1, 0.15) is 11.1 Å². The summed E-state index contributed by atoms with van der Waals surface area (Å²) >= 11 is 0. The van der Waals surface area contributed by atoms with Gasteiger partial charge in [-0.1, -0.05) is 60.2 Å². The first-order valence-electron chi connectivity index (χ1n) is 8.94. The van der Waals surface area contributed by atoms with Crippen molar-refractivity contribution >= 4 is 17.3 Å². The van der Waals surface area contributed by atoms with Crippen molar-refractivity contribution in [3.05, 3.63) is 90.0 Å². The maximum absolute atomic E-state index is 12.7. The van der Waals surface area contributed by atoms with Crippen molar-refractivity contribution in [1.29, 1.82) is 0 Å². The molecule has 138 valence electrons. The molecule has 0 radical (unpaired) electrons. The molecule has 1 amide bonds. The molecule has 0 aromatic heterocycles. The van der Waals surface area contributed by atoms with Gasteiger partial charge in [-0.25, -0.2) is 0 Å². The van der Waals surface area contributed by atoms with Crippen molar-refractivity contribution in [3.63, 3.8) is 0 Å². The lowest BCUT2D eigenvalue weighted by atomic mass is 10.1. The van der Waals surface area contributed by atoms with E-state index in [-0.39, 0.29) is 12.5 Å². The average Bonchev–Trinajstić information content (AvgIpc) is 2.69. The number of carbonyl (C=O) groups is 1. The summed E-state index contributed by atoms with van der Waals surface area (Å²) in [6.07, 6.45) is 0. The Balaban J connectivity index is 1.78. The highest BCUT2D eigenvalue weighted by Crippen LogP contribution is 2.23. The van der Waals surface area contributed by atoms with Crippen LogP contribution in [0.4, 0.5) is 11.4 Å². The lowest BCUT2D eigenvalue weighted by Crippen LogP contribution is -2.33. The summed E-state index contributed by atoms with van der Waals surface area (Å²) in [5.41, 5.74) is 4.04. The fourth-order valence-electron chi connectivity index (χ4n) is 2.91. The molecule has 0 unspecified atom stereocenters. The van der Waals surface area contributed by atoms with Crippen molar-refractivity contribution in [2.75, 3.05) is 23.9 Å². The lowest BCUT2D eigenvalue weighted by Gasteiger charge is -2.25. The fourth-order valence-corrected chi connectivity index (χ4v) is 2.91. The molecule has 3 rings (SSSR count). The zero-order chi connectivity index (χ0) is 19.1. The molecule has 0 saturated carbocycles. The summed E-state index contributed by atoms with van der Waals surface area (Å²) in [7, 11) is 1.60. The van der Waals surface area contributed by atoms with Gasteiger partial charge in [-0.05, 0) is 36.8 Å². The van der Waals surface area contributed by atoms with Crippen LogP contribution >= 0.6 is 0 Å². The predicted molar refractivity (Wildman–Crippen MR) is 110 cm³/mol. The molecule has 3 aromatic carbocycles. The molecule has 0 fully saturated rings. The van der Waals surface area contributed by atoms with Crippen LogP contribution in [0.3, 0.4) is 0 Å². The second-order valence-electron chi connectivity index (χ2n) is 6.43. The van der Waals surface area contributed by atoms with Crippen molar-refractivity contribution in [2.45, 2.75) is 13.5 Å². The molecule has 0 atom stereocenters. The van der Waals surface area contributed by atoms with Gasteiger partial charge in [0.05, 0.1) is 19.3 Å². The number of benzene rings is 3. The molecular weight excluding hydrogens is 336 g/mol. The number of para-hydroxylation sites is 2. The topological polar surface area (TPSA) is 41.6 Å². The summed E-state index contributed by atoms with van der Waals surface area (Å²) in [5.74, 6) is 0.562. The molecule has 4 nitrogen and oxygen atoms in total. The fraction of sp³-hybridized carbons (Fsp3) is 0.174. The van der Waals surface area contributed by atoms with E-state index in [1.54, 1.807) is 7.11 Å². The molecule has 0 aliphatic rings. The zero-order valence-corrected chi connectivity index (χ0v) is 15.7. The molecule has 0 aliphatic carbocycles. The van der Waals surface area contributed by atoms with E-state index in [9.17, 15) is 4.79 Å². The van der Waals surface area contributed by atoms with Crippen LogP contribution in [0, 0.1) is 6.92 Å². The number of hydrogen-bond donors (Lipinski definition) is 1. The van der Waals surface area contributed by atoms with Crippen LogP contribution in [0.25, 0.3) is 0 Å². The minimum Gasteiger partial charge on any atom is -0.495 e. The van der Waals surface area contributed by atoms with Gasteiger partial charge < -0.3 is 15.0 Å². The van der Waals surface area contributed by atoms with Gasteiger partial charge in [0, 0.05) is 12.2 Å². The normalized spacial score (nSPS) is 10.3. The maximum atomic E-state index is 12.7. The molecule has 0 bridgehead atoms. The molecule has 3 aromatic rings. The molecular formula is C23H24N2O2. The van der Waals surface area contributed by atoms with Gasteiger partial charge in [0.1, 0.15) is 5.75 Å². The number of carbonyl (C=O) groups excluding carboxylic acids is 1. The highest BCUT2D eigenvalue weighted by molar-refractivity contribution is 5.95. The van der Waals surface area contributed by atoms with Crippen molar-refractivity contribution < 1.29 is 9.53 Å². The van der Waals surface area contributed by atoms with E-state index < -0.39 is 0 Å². The molecule has 0 spiro atoms. The average molecular weight is 360 g/mol. The van der Waals surface area contributed by atoms with Gasteiger partial charge in [0.25, 0.3) is 0 Å². The van der Waals surface area contributed by atoms with Crippen LogP contribution in [0.15, 0.2) is 78.9 Å². The Labute approximate surface area is 160 Å². The molecule has 1 N–H and O–H groups in total. The summed E-state index contributed by atoms with van der Waals surface area (Å²) in [6, 6.07) is 25.8. The largest absolute Gasteiger partial charge is 0.495 e. The number of anilines is 2. The van der Waals surface area contributed by atoms with E-state index in [1.807, 2.05) is 42.5 Å². The van der Waals surface area contributed by atoms with Gasteiger partial charge in [-0.2, -0.15) is 0 Å². The highest BCUT2D eigenvalue weighted by atomic mass is 16.5. The second-order valence-corrected chi connectivity index (χ2v) is 6.43. The van der Waals surface area contributed by atoms with Crippen molar-refractivity contribution in [1.82, 2.24) is 0 Å².